The summed E-state index contributed by atoms with van der Waals surface area (Å²) in [7, 11) is 3.56. The highest BCUT2D eigenvalue weighted by atomic mass is 16.5. The topological polar surface area (TPSA) is 45.7 Å². The molecule has 0 saturated carbocycles. The maximum atomic E-state index is 11.5. The summed E-state index contributed by atoms with van der Waals surface area (Å²) in [6.07, 6.45) is 0. The Labute approximate surface area is 113 Å². The zero-order chi connectivity index (χ0) is 13.4. The van der Waals surface area contributed by atoms with E-state index in [0.29, 0.717) is 5.69 Å². The fourth-order valence-electron chi connectivity index (χ4n) is 3.23. The Morgan fingerprint density at radius 2 is 1.95 bits per heavy atom. The van der Waals surface area contributed by atoms with Crippen LogP contribution in [0.5, 0.6) is 0 Å². The van der Waals surface area contributed by atoms with Crippen molar-refractivity contribution in [1.82, 2.24) is 9.88 Å². The molecule has 19 heavy (non-hydrogen) atoms. The number of esters is 1. The van der Waals surface area contributed by atoms with Gasteiger partial charge in [0.05, 0.1) is 7.11 Å². The maximum absolute atomic E-state index is 11.5. The number of fused-ring (bicyclic) bond motifs is 1. The van der Waals surface area contributed by atoms with Crippen LogP contribution in [-0.2, 0) is 4.74 Å². The Hall–Kier alpha value is -1.62. The van der Waals surface area contributed by atoms with E-state index in [9.17, 15) is 4.79 Å². The van der Waals surface area contributed by atoms with E-state index in [4.69, 9.17) is 4.74 Å². The molecule has 5 nitrogen and oxygen atoms in total. The first-order chi connectivity index (χ1) is 9.17. The van der Waals surface area contributed by atoms with Crippen LogP contribution in [0.2, 0.25) is 0 Å². The fraction of sp³-hybridized carbons (Fsp3) is 0.571. The smallest absolute Gasteiger partial charge is 0.356 e. The predicted octanol–water partition coefficient (Wildman–Crippen LogP) is 0.866. The molecular weight excluding hydrogens is 242 g/mol. The molecule has 0 aromatic carbocycles. The van der Waals surface area contributed by atoms with Gasteiger partial charge in [-0.3, -0.25) is 0 Å². The number of methoxy groups -OCH3 is 1. The minimum atomic E-state index is -0.374. The molecule has 0 aliphatic carbocycles. The summed E-state index contributed by atoms with van der Waals surface area (Å²) < 4.78 is 4.72. The van der Waals surface area contributed by atoms with E-state index in [-0.39, 0.29) is 5.97 Å². The quantitative estimate of drug-likeness (QED) is 0.739. The molecule has 2 saturated heterocycles. The summed E-state index contributed by atoms with van der Waals surface area (Å²) in [5.74, 6) is 1.98. The first kappa shape index (κ1) is 12.4. The molecule has 1 aromatic rings. The second-order valence-corrected chi connectivity index (χ2v) is 5.52. The molecule has 0 spiro atoms. The van der Waals surface area contributed by atoms with Crippen LogP contribution in [-0.4, -0.2) is 56.2 Å². The number of hydrogen-bond donors (Lipinski definition) is 0. The number of carbonyl (C=O) groups excluding carboxylic acids is 1. The minimum absolute atomic E-state index is 0.374. The van der Waals surface area contributed by atoms with E-state index >= 15 is 0 Å². The Bertz CT molecular complexity index is 477. The molecule has 3 heterocycles. The van der Waals surface area contributed by atoms with Crippen LogP contribution in [0.1, 0.15) is 10.5 Å². The number of nitrogens with zero attached hydrogens (tertiary/aromatic N) is 3. The molecule has 0 amide bonds. The van der Waals surface area contributed by atoms with Crippen LogP contribution < -0.4 is 4.90 Å². The van der Waals surface area contributed by atoms with Gasteiger partial charge in [-0.25, -0.2) is 9.78 Å². The van der Waals surface area contributed by atoms with Crippen molar-refractivity contribution in [3.63, 3.8) is 0 Å². The number of likely N-dealkylation sites (tertiary alicyclic amines) is 1. The number of pyridine rings is 1. The van der Waals surface area contributed by atoms with E-state index in [1.54, 1.807) is 6.07 Å². The van der Waals surface area contributed by atoms with Gasteiger partial charge in [0.25, 0.3) is 0 Å². The van der Waals surface area contributed by atoms with Crippen molar-refractivity contribution in [3.8, 4) is 0 Å². The minimum Gasteiger partial charge on any atom is -0.464 e. The van der Waals surface area contributed by atoms with Crippen molar-refractivity contribution in [2.24, 2.45) is 11.8 Å². The zero-order valence-electron chi connectivity index (χ0n) is 11.4. The summed E-state index contributed by atoms with van der Waals surface area (Å²) in [5.41, 5.74) is 0.383. The average molecular weight is 261 g/mol. The lowest BCUT2D eigenvalue weighted by molar-refractivity contribution is 0.0594. The lowest BCUT2D eigenvalue weighted by atomic mass is 10.0. The Morgan fingerprint density at radius 3 is 2.58 bits per heavy atom. The first-order valence-corrected chi connectivity index (χ1v) is 6.66. The van der Waals surface area contributed by atoms with E-state index in [1.165, 1.54) is 7.11 Å². The average Bonchev–Trinajstić information content (AvgIpc) is 2.95. The van der Waals surface area contributed by atoms with Crippen LogP contribution >= 0.6 is 0 Å². The van der Waals surface area contributed by atoms with E-state index in [0.717, 1.165) is 43.8 Å². The monoisotopic (exact) mass is 261 g/mol. The van der Waals surface area contributed by atoms with Gasteiger partial charge in [-0.1, -0.05) is 6.07 Å². The summed E-state index contributed by atoms with van der Waals surface area (Å²) in [5, 5.41) is 0. The molecule has 2 atom stereocenters. The molecule has 102 valence electrons. The zero-order valence-corrected chi connectivity index (χ0v) is 11.4. The number of hydrogen-bond acceptors (Lipinski definition) is 5. The van der Waals surface area contributed by atoms with E-state index < -0.39 is 0 Å². The molecule has 2 aliphatic heterocycles. The van der Waals surface area contributed by atoms with Gasteiger partial charge in [0.1, 0.15) is 5.82 Å². The van der Waals surface area contributed by atoms with Gasteiger partial charge in [0.2, 0.25) is 0 Å². The largest absolute Gasteiger partial charge is 0.464 e. The molecule has 1 aromatic heterocycles. The molecule has 0 radical (unpaired) electrons. The number of carbonyl (C=O) groups is 1. The summed E-state index contributed by atoms with van der Waals surface area (Å²) in [6.45, 7) is 4.40. The van der Waals surface area contributed by atoms with Crippen LogP contribution in [0.4, 0.5) is 5.82 Å². The molecule has 3 rings (SSSR count). The van der Waals surface area contributed by atoms with Crippen molar-refractivity contribution in [1.29, 1.82) is 0 Å². The van der Waals surface area contributed by atoms with Gasteiger partial charge in [0.15, 0.2) is 5.69 Å². The Balaban J connectivity index is 1.76. The molecule has 2 aliphatic rings. The standard InChI is InChI=1S/C14H19N3O2/c1-16-6-10-8-17(9-11(10)7-16)13-5-3-4-12(15-13)14(18)19-2/h3-5,10-11H,6-9H2,1-2H3. The molecule has 5 heteroatoms. The van der Waals surface area contributed by atoms with Crippen molar-refractivity contribution >= 4 is 11.8 Å². The molecule has 0 N–H and O–H groups in total. The lowest BCUT2D eigenvalue weighted by Crippen LogP contribution is -2.27. The van der Waals surface area contributed by atoms with Crippen LogP contribution in [0.3, 0.4) is 0 Å². The number of rotatable bonds is 2. The highest BCUT2D eigenvalue weighted by molar-refractivity contribution is 5.87. The Morgan fingerprint density at radius 1 is 1.26 bits per heavy atom. The van der Waals surface area contributed by atoms with Crippen LogP contribution in [0.15, 0.2) is 18.2 Å². The van der Waals surface area contributed by atoms with Crippen molar-refractivity contribution in [2.75, 3.05) is 45.2 Å². The third-order valence-electron chi connectivity index (χ3n) is 4.12. The summed E-state index contributed by atoms with van der Waals surface area (Å²) in [4.78, 5) is 20.6. The van der Waals surface area contributed by atoms with E-state index in [1.807, 2.05) is 12.1 Å². The van der Waals surface area contributed by atoms with Gasteiger partial charge in [-0.2, -0.15) is 0 Å². The van der Waals surface area contributed by atoms with Gasteiger partial charge in [-0.15, -0.1) is 0 Å². The highest BCUT2D eigenvalue weighted by Crippen LogP contribution is 2.32. The highest BCUT2D eigenvalue weighted by Gasteiger charge is 2.39. The molecule has 2 fully saturated rings. The molecule has 2 unspecified atom stereocenters. The fourth-order valence-corrected chi connectivity index (χ4v) is 3.23. The second-order valence-electron chi connectivity index (χ2n) is 5.52. The Kier molecular flexibility index (Phi) is 3.14. The normalized spacial score (nSPS) is 26.5. The summed E-state index contributed by atoms with van der Waals surface area (Å²) in [6, 6.07) is 5.53. The van der Waals surface area contributed by atoms with E-state index in [2.05, 4.69) is 21.8 Å². The van der Waals surface area contributed by atoms with Gasteiger partial charge < -0.3 is 14.5 Å². The van der Waals surface area contributed by atoms with Crippen LogP contribution in [0, 0.1) is 11.8 Å². The van der Waals surface area contributed by atoms with Crippen LogP contribution in [0.25, 0.3) is 0 Å². The van der Waals surface area contributed by atoms with Gasteiger partial charge in [0, 0.05) is 26.2 Å². The number of anilines is 1. The van der Waals surface area contributed by atoms with Gasteiger partial charge in [-0.05, 0) is 31.0 Å². The van der Waals surface area contributed by atoms with Crippen molar-refractivity contribution in [3.05, 3.63) is 23.9 Å². The number of aromatic nitrogens is 1. The second kappa shape index (κ2) is 4.81. The SMILES string of the molecule is COC(=O)c1cccc(N2CC3CN(C)CC3C2)n1. The lowest BCUT2D eigenvalue weighted by Gasteiger charge is -2.20. The molecule has 0 bridgehead atoms. The third-order valence-corrected chi connectivity index (χ3v) is 4.12. The predicted molar refractivity (Wildman–Crippen MR) is 72.3 cm³/mol. The first-order valence-electron chi connectivity index (χ1n) is 6.66. The third kappa shape index (κ3) is 2.30. The van der Waals surface area contributed by atoms with Gasteiger partial charge >= 0.3 is 5.97 Å². The maximum Gasteiger partial charge on any atom is 0.356 e. The van der Waals surface area contributed by atoms with Crippen molar-refractivity contribution < 1.29 is 9.53 Å². The molecular formula is C14H19N3O2. The summed E-state index contributed by atoms with van der Waals surface area (Å²) >= 11 is 0. The van der Waals surface area contributed by atoms with Crippen molar-refractivity contribution in [2.45, 2.75) is 0 Å². The number of ether oxygens (including phenoxy) is 1.